The quantitative estimate of drug-likeness (QED) is 0.574. The molecule has 0 aliphatic rings. The topological polar surface area (TPSA) is 26.3 Å². The minimum absolute atomic E-state index is 0.482. The van der Waals surface area contributed by atoms with Crippen LogP contribution in [0.25, 0.3) is 0 Å². The van der Waals surface area contributed by atoms with E-state index in [0.29, 0.717) is 18.7 Å². The summed E-state index contributed by atoms with van der Waals surface area (Å²) in [5.41, 5.74) is 0. The van der Waals surface area contributed by atoms with Crippen LogP contribution in [0.5, 0.6) is 0 Å². The molecule has 0 aliphatic carbocycles. The smallest absolute Gasteiger partial charge is 0.146 e. The largest absolute Gasteiger partial charge is 0.507 e. The first-order valence-electron chi connectivity index (χ1n) is 3.24. The van der Waals surface area contributed by atoms with Gasteiger partial charge in [0.2, 0.25) is 0 Å². The highest BCUT2D eigenvalue weighted by molar-refractivity contribution is 7.39. The predicted molar refractivity (Wildman–Crippen MR) is 38.9 cm³/mol. The minimum Gasteiger partial charge on any atom is -0.146 e. The molecule has 9 heavy (non-hydrogen) atoms. The highest BCUT2D eigenvalue weighted by Gasteiger charge is 2.12. The second-order valence-corrected chi connectivity index (χ2v) is 3.89. The molecule has 0 saturated heterocycles. The van der Waals surface area contributed by atoms with E-state index in [9.17, 15) is 4.57 Å². The lowest BCUT2D eigenvalue weighted by molar-refractivity contribution is 0.283. The molecule has 1 atom stereocenters. The summed E-state index contributed by atoms with van der Waals surface area (Å²) in [6.45, 7) is 6.56. The molecule has 0 aromatic heterocycles. The zero-order valence-corrected chi connectivity index (χ0v) is 7.15. The lowest BCUT2D eigenvalue weighted by Crippen LogP contribution is -1.96. The molecule has 0 aromatic rings. The molecule has 0 fully saturated rings. The summed E-state index contributed by atoms with van der Waals surface area (Å²) in [7, 11) is -1.36. The summed E-state index contributed by atoms with van der Waals surface area (Å²) in [5.74, 6) is 0.482. The Kier molecular flexibility index (Phi) is 4.93. The van der Waals surface area contributed by atoms with Gasteiger partial charge in [0.05, 0.1) is 0 Å². The molecule has 1 unspecified atom stereocenters. The molecule has 0 spiro atoms. The van der Waals surface area contributed by atoms with Gasteiger partial charge in [-0.15, -0.1) is 4.52 Å². The average Bonchev–Trinajstić information content (AvgIpc) is 1.83. The molecule has 0 rings (SSSR count). The van der Waals surface area contributed by atoms with Gasteiger partial charge in [-0.05, 0) is 17.4 Å². The number of hydrogen-bond acceptors (Lipinski definition) is 2. The lowest BCUT2D eigenvalue weighted by Gasteiger charge is -1.94. The van der Waals surface area contributed by atoms with Gasteiger partial charge in [-0.1, -0.05) is 13.8 Å². The summed E-state index contributed by atoms with van der Waals surface area (Å²) < 4.78 is 15.6. The molecule has 0 N–H and O–H groups in total. The molecular formula is C6H14O2P+. The fraction of sp³-hybridized carbons (Fsp3) is 1.00. The normalized spacial score (nSPS) is 12.2. The van der Waals surface area contributed by atoms with Crippen LogP contribution in [0.1, 0.15) is 20.8 Å². The molecule has 0 amide bonds. The van der Waals surface area contributed by atoms with E-state index in [1.807, 2.05) is 20.8 Å². The van der Waals surface area contributed by atoms with Gasteiger partial charge in [0.15, 0.2) is 6.16 Å². The molecule has 54 valence electrons. The maximum Gasteiger partial charge on any atom is 0.507 e. The Morgan fingerprint density at radius 2 is 2.11 bits per heavy atom. The van der Waals surface area contributed by atoms with Gasteiger partial charge >= 0.3 is 8.03 Å². The average molecular weight is 149 g/mol. The highest BCUT2D eigenvalue weighted by Crippen LogP contribution is 2.21. The fourth-order valence-corrected chi connectivity index (χ4v) is 0.970. The Morgan fingerprint density at radius 3 is 2.44 bits per heavy atom. The van der Waals surface area contributed by atoms with Crippen molar-refractivity contribution in [3.05, 3.63) is 0 Å². The van der Waals surface area contributed by atoms with Crippen LogP contribution in [0.15, 0.2) is 0 Å². The van der Waals surface area contributed by atoms with Crippen molar-refractivity contribution in [1.29, 1.82) is 0 Å². The van der Waals surface area contributed by atoms with E-state index in [2.05, 4.69) is 0 Å². The Labute approximate surface area is 57.5 Å². The first-order valence-corrected chi connectivity index (χ1v) is 4.60. The van der Waals surface area contributed by atoms with E-state index in [1.54, 1.807) is 0 Å². The predicted octanol–water partition coefficient (Wildman–Crippen LogP) is 2.42. The Morgan fingerprint density at radius 1 is 1.56 bits per heavy atom. The van der Waals surface area contributed by atoms with Gasteiger partial charge in [-0.2, -0.15) is 0 Å². The second-order valence-electron chi connectivity index (χ2n) is 2.34. The van der Waals surface area contributed by atoms with Crippen molar-refractivity contribution in [2.75, 3.05) is 12.8 Å². The maximum absolute atomic E-state index is 10.6. The number of rotatable bonds is 4. The third-order valence-corrected chi connectivity index (χ3v) is 1.76. The minimum atomic E-state index is -1.36. The van der Waals surface area contributed by atoms with Crippen molar-refractivity contribution in [2.45, 2.75) is 20.8 Å². The third kappa shape index (κ3) is 5.94. The van der Waals surface area contributed by atoms with Gasteiger partial charge in [0.25, 0.3) is 0 Å². The van der Waals surface area contributed by atoms with Crippen LogP contribution >= 0.6 is 8.03 Å². The van der Waals surface area contributed by atoms with Crippen molar-refractivity contribution in [2.24, 2.45) is 5.92 Å². The lowest BCUT2D eigenvalue weighted by atomic mass is 10.2. The molecule has 3 heteroatoms. The molecule has 0 heterocycles. The second kappa shape index (κ2) is 4.89. The van der Waals surface area contributed by atoms with E-state index >= 15 is 0 Å². The van der Waals surface area contributed by atoms with E-state index < -0.39 is 8.03 Å². The van der Waals surface area contributed by atoms with E-state index in [-0.39, 0.29) is 0 Å². The third-order valence-electron chi connectivity index (χ3n) is 0.810. The van der Waals surface area contributed by atoms with Crippen LogP contribution in [-0.4, -0.2) is 12.8 Å². The van der Waals surface area contributed by atoms with E-state index in [1.165, 1.54) is 0 Å². The highest BCUT2D eigenvalue weighted by atomic mass is 31.1. The fourth-order valence-electron chi connectivity index (χ4n) is 0.323. The molecule has 0 bridgehead atoms. The van der Waals surface area contributed by atoms with Gasteiger partial charge in [-0.3, -0.25) is 0 Å². The van der Waals surface area contributed by atoms with Gasteiger partial charge < -0.3 is 0 Å². The van der Waals surface area contributed by atoms with Crippen molar-refractivity contribution in [3.63, 3.8) is 0 Å². The maximum atomic E-state index is 10.6. The number of hydrogen-bond donors (Lipinski definition) is 0. The van der Waals surface area contributed by atoms with Crippen LogP contribution in [0.2, 0.25) is 0 Å². The van der Waals surface area contributed by atoms with Crippen molar-refractivity contribution >= 4 is 8.03 Å². The standard InChI is InChI=1S/C6H14O2P/c1-4-9(7)8-5-6(2)3/h6H,4-5H2,1-3H3/q+1. The van der Waals surface area contributed by atoms with Gasteiger partial charge in [0, 0.05) is 0 Å². The summed E-state index contributed by atoms with van der Waals surface area (Å²) in [5, 5.41) is 0. The van der Waals surface area contributed by atoms with E-state index in [0.717, 1.165) is 0 Å². The van der Waals surface area contributed by atoms with E-state index in [4.69, 9.17) is 4.52 Å². The van der Waals surface area contributed by atoms with Crippen molar-refractivity contribution in [3.8, 4) is 0 Å². The van der Waals surface area contributed by atoms with Crippen LogP contribution < -0.4 is 0 Å². The van der Waals surface area contributed by atoms with Gasteiger partial charge in [0.1, 0.15) is 6.61 Å². The Bertz CT molecular complexity index is 91.1. The van der Waals surface area contributed by atoms with Crippen molar-refractivity contribution in [1.82, 2.24) is 0 Å². The van der Waals surface area contributed by atoms with Crippen molar-refractivity contribution < 1.29 is 9.09 Å². The van der Waals surface area contributed by atoms with Crippen LogP contribution in [0, 0.1) is 5.92 Å². The zero-order chi connectivity index (χ0) is 7.28. The zero-order valence-electron chi connectivity index (χ0n) is 6.26. The van der Waals surface area contributed by atoms with Crippen LogP contribution in [-0.2, 0) is 9.09 Å². The molecule has 0 saturated carbocycles. The molecule has 0 aliphatic heterocycles. The van der Waals surface area contributed by atoms with Crippen LogP contribution in [0.4, 0.5) is 0 Å². The first-order chi connectivity index (χ1) is 4.16. The SMILES string of the molecule is CC[P+](=O)OCC(C)C. The van der Waals surface area contributed by atoms with Crippen LogP contribution in [0.3, 0.4) is 0 Å². The Balaban J connectivity index is 3.17. The summed E-state index contributed by atoms with van der Waals surface area (Å²) in [6.07, 6.45) is 0.627. The molecule has 2 nitrogen and oxygen atoms in total. The molecule has 0 aromatic carbocycles. The summed E-state index contributed by atoms with van der Waals surface area (Å²) in [4.78, 5) is 0. The molecular weight excluding hydrogens is 135 g/mol. The first kappa shape index (κ1) is 9.06. The molecule has 0 radical (unpaired) electrons. The summed E-state index contributed by atoms with van der Waals surface area (Å²) >= 11 is 0. The Hall–Kier alpha value is 0.0600. The monoisotopic (exact) mass is 149 g/mol. The summed E-state index contributed by atoms with van der Waals surface area (Å²) in [6, 6.07) is 0. The van der Waals surface area contributed by atoms with Gasteiger partial charge in [-0.25, -0.2) is 0 Å².